The quantitative estimate of drug-likeness (QED) is 0.752. The highest BCUT2D eigenvalue weighted by Crippen LogP contribution is 2.24. The maximum absolute atomic E-state index is 6.48. The molecule has 2 atom stereocenters. The first-order chi connectivity index (χ1) is 9.58. The number of halogens is 2. The van der Waals surface area contributed by atoms with E-state index in [-0.39, 0.29) is 12.2 Å². The van der Waals surface area contributed by atoms with E-state index in [1.165, 1.54) is 0 Å². The summed E-state index contributed by atoms with van der Waals surface area (Å²) < 4.78 is 7.90. The first kappa shape index (κ1) is 16.3. The van der Waals surface area contributed by atoms with Crippen LogP contribution < -0.4 is 0 Å². The number of aromatic nitrogens is 2. The zero-order valence-corrected chi connectivity index (χ0v) is 14.7. The third-order valence-electron chi connectivity index (χ3n) is 3.64. The molecule has 0 aliphatic carbocycles. The highest BCUT2D eigenvalue weighted by Gasteiger charge is 2.26. The molecule has 1 aromatic heterocycles. The van der Waals surface area contributed by atoms with Gasteiger partial charge in [0.05, 0.1) is 28.6 Å². The molecule has 0 saturated carbocycles. The Morgan fingerprint density at radius 1 is 1.40 bits per heavy atom. The number of ether oxygens (including phenoxy) is 1. The molecule has 1 aliphatic heterocycles. The predicted molar refractivity (Wildman–Crippen MR) is 85.7 cm³/mol. The highest BCUT2D eigenvalue weighted by molar-refractivity contribution is 9.09. The third-order valence-corrected chi connectivity index (χ3v) is 4.80. The largest absolute Gasteiger partial charge is 0.372 e. The molecule has 1 aliphatic rings. The van der Waals surface area contributed by atoms with E-state index in [4.69, 9.17) is 16.3 Å². The van der Waals surface area contributed by atoms with Gasteiger partial charge in [0, 0.05) is 31.5 Å². The molecule has 0 bridgehead atoms. The zero-order chi connectivity index (χ0) is 14.7. The minimum absolute atomic E-state index is 0.251. The first-order valence-corrected chi connectivity index (χ1v) is 8.76. The lowest BCUT2D eigenvalue weighted by Crippen LogP contribution is -2.47. The maximum atomic E-state index is 6.48. The molecule has 114 valence electrons. The molecule has 2 heterocycles. The van der Waals surface area contributed by atoms with E-state index in [0.717, 1.165) is 54.3 Å². The number of hydrogen-bond donors (Lipinski definition) is 0. The van der Waals surface area contributed by atoms with Gasteiger partial charge in [0.2, 0.25) is 0 Å². The minimum atomic E-state index is 0.251. The van der Waals surface area contributed by atoms with Crippen molar-refractivity contribution in [2.75, 3.05) is 18.4 Å². The minimum Gasteiger partial charge on any atom is -0.372 e. The van der Waals surface area contributed by atoms with Gasteiger partial charge in [-0.2, -0.15) is 5.10 Å². The summed E-state index contributed by atoms with van der Waals surface area (Å²) in [5, 5.41) is 6.29. The molecule has 1 aromatic rings. The fourth-order valence-electron chi connectivity index (χ4n) is 2.74. The Morgan fingerprint density at radius 2 is 2.15 bits per heavy atom. The fraction of sp³-hybridized carbons (Fsp3) is 0.786. The molecule has 2 rings (SSSR count). The van der Waals surface area contributed by atoms with Gasteiger partial charge in [-0.05, 0) is 20.3 Å². The zero-order valence-electron chi connectivity index (χ0n) is 12.4. The lowest BCUT2D eigenvalue weighted by molar-refractivity contribution is -0.0683. The highest BCUT2D eigenvalue weighted by atomic mass is 79.9. The Kier molecular flexibility index (Phi) is 5.90. The topological polar surface area (TPSA) is 30.3 Å². The maximum Gasteiger partial charge on any atom is 0.0863 e. The van der Waals surface area contributed by atoms with E-state index in [1.807, 2.05) is 4.68 Å². The summed E-state index contributed by atoms with van der Waals surface area (Å²) in [6.07, 6.45) is 1.39. The summed E-state index contributed by atoms with van der Waals surface area (Å²) >= 11 is 10.00. The molecule has 0 N–H and O–H groups in total. The predicted octanol–water partition coefficient (Wildman–Crippen LogP) is 3.10. The van der Waals surface area contributed by atoms with Crippen molar-refractivity contribution < 1.29 is 4.74 Å². The summed E-state index contributed by atoms with van der Waals surface area (Å²) in [5.74, 6) is 0. The molecule has 4 nitrogen and oxygen atoms in total. The third kappa shape index (κ3) is 3.56. The molecule has 0 amide bonds. The monoisotopic (exact) mass is 363 g/mol. The summed E-state index contributed by atoms with van der Waals surface area (Å²) in [6.45, 7) is 9.90. The van der Waals surface area contributed by atoms with Crippen LogP contribution in [0.1, 0.15) is 32.2 Å². The average Bonchev–Trinajstić information content (AvgIpc) is 2.74. The second-order valence-electron chi connectivity index (χ2n) is 5.29. The number of nitrogens with zero attached hydrogens (tertiary/aromatic N) is 3. The summed E-state index contributed by atoms with van der Waals surface area (Å²) in [7, 11) is 0. The Balaban J connectivity index is 2.14. The van der Waals surface area contributed by atoms with E-state index in [0.29, 0.717) is 0 Å². The van der Waals surface area contributed by atoms with E-state index in [1.54, 1.807) is 0 Å². The Morgan fingerprint density at radius 3 is 2.75 bits per heavy atom. The van der Waals surface area contributed by atoms with Crippen LogP contribution in [0.4, 0.5) is 0 Å². The second kappa shape index (κ2) is 7.25. The van der Waals surface area contributed by atoms with Gasteiger partial charge in [-0.25, -0.2) is 0 Å². The molecular weight excluding hydrogens is 342 g/mol. The number of morpholine rings is 1. The smallest absolute Gasteiger partial charge is 0.0863 e. The fourth-order valence-corrected chi connectivity index (χ4v) is 3.42. The number of aryl methyl sites for hydroxylation is 2. The average molecular weight is 365 g/mol. The van der Waals surface area contributed by atoms with Gasteiger partial charge in [0.15, 0.2) is 0 Å². The van der Waals surface area contributed by atoms with Crippen LogP contribution in [0.5, 0.6) is 0 Å². The first-order valence-electron chi connectivity index (χ1n) is 7.26. The van der Waals surface area contributed by atoms with Gasteiger partial charge in [-0.3, -0.25) is 9.58 Å². The van der Waals surface area contributed by atoms with Crippen molar-refractivity contribution in [3.05, 3.63) is 16.4 Å². The van der Waals surface area contributed by atoms with E-state index < -0.39 is 0 Å². The SMILES string of the molecule is CCc1nn(CC)c(CN2CC(C)OC(CBr)C2)c1Cl. The molecule has 1 fully saturated rings. The van der Waals surface area contributed by atoms with Crippen LogP contribution in [0.2, 0.25) is 5.02 Å². The van der Waals surface area contributed by atoms with Crippen LogP contribution in [-0.2, 0) is 24.2 Å². The number of hydrogen-bond acceptors (Lipinski definition) is 3. The standard InChI is InChI=1S/C14H23BrClN3O/c1-4-12-14(16)13(19(5-2)17-12)9-18-7-10(3)20-11(6-15)8-18/h10-11H,4-9H2,1-3H3. The van der Waals surface area contributed by atoms with Gasteiger partial charge in [-0.15, -0.1) is 0 Å². The molecule has 0 aromatic carbocycles. The van der Waals surface area contributed by atoms with Crippen molar-refractivity contribution >= 4 is 27.5 Å². The molecule has 0 radical (unpaired) electrons. The van der Waals surface area contributed by atoms with Gasteiger partial charge < -0.3 is 4.74 Å². The molecule has 2 unspecified atom stereocenters. The van der Waals surface area contributed by atoms with Crippen molar-refractivity contribution in [1.29, 1.82) is 0 Å². The van der Waals surface area contributed by atoms with Crippen LogP contribution in [0.3, 0.4) is 0 Å². The lowest BCUT2D eigenvalue weighted by Gasteiger charge is -2.36. The van der Waals surface area contributed by atoms with Gasteiger partial charge in [0.1, 0.15) is 0 Å². The van der Waals surface area contributed by atoms with E-state index in [9.17, 15) is 0 Å². The Labute approximate surface area is 134 Å². The van der Waals surface area contributed by atoms with Gasteiger partial charge in [-0.1, -0.05) is 34.5 Å². The molecular formula is C14H23BrClN3O. The van der Waals surface area contributed by atoms with Crippen LogP contribution in [0.15, 0.2) is 0 Å². The van der Waals surface area contributed by atoms with Crippen molar-refractivity contribution in [3.8, 4) is 0 Å². The van der Waals surface area contributed by atoms with Crippen molar-refractivity contribution in [1.82, 2.24) is 14.7 Å². The van der Waals surface area contributed by atoms with Crippen LogP contribution >= 0.6 is 27.5 Å². The normalized spacial score (nSPS) is 24.2. The second-order valence-corrected chi connectivity index (χ2v) is 6.32. The number of alkyl halides is 1. The molecule has 6 heteroatoms. The summed E-state index contributed by atoms with van der Waals surface area (Å²) in [4.78, 5) is 2.41. The summed E-state index contributed by atoms with van der Waals surface area (Å²) in [5.41, 5.74) is 2.13. The van der Waals surface area contributed by atoms with Gasteiger partial charge >= 0.3 is 0 Å². The van der Waals surface area contributed by atoms with Crippen molar-refractivity contribution in [3.63, 3.8) is 0 Å². The molecule has 20 heavy (non-hydrogen) atoms. The van der Waals surface area contributed by atoms with Crippen LogP contribution in [-0.4, -0.2) is 45.3 Å². The lowest BCUT2D eigenvalue weighted by atomic mass is 10.2. The van der Waals surface area contributed by atoms with Crippen molar-refractivity contribution in [2.24, 2.45) is 0 Å². The van der Waals surface area contributed by atoms with Crippen LogP contribution in [0, 0.1) is 0 Å². The van der Waals surface area contributed by atoms with Crippen LogP contribution in [0.25, 0.3) is 0 Å². The van der Waals surface area contributed by atoms with E-state index in [2.05, 4.69) is 46.7 Å². The van der Waals surface area contributed by atoms with E-state index >= 15 is 0 Å². The number of rotatable bonds is 5. The molecule has 0 spiro atoms. The molecule has 1 saturated heterocycles. The summed E-state index contributed by atoms with van der Waals surface area (Å²) in [6, 6.07) is 0. The Bertz CT molecular complexity index is 452. The Hall–Kier alpha value is -0.100. The van der Waals surface area contributed by atoms with Gasteiger partial charge in [0.25, 0.3) is 0 Å². The van der Waals surface area contributed by atoms with Crippen molar-refractivity contribution in [2.45, 2.75) is 52.5 Å².